The number of carbonyl (C=O) groups excluding carboxylic acids is 1. The zero-order chi connectivity index (χ0) is 18.8. The van der Waals surface area contributed by atoms with Gasteiger partial charge in [0.1, 0.15) is 0 Å². The van der Waals surface area contributed by atoms with Crippen LogP contribution in [0.5, 0.6) is 0 Å². The van der Waals surface area contributed by atoms with Gasteiger partial charge in [0.25, 0.3) is 11.6 Å². The summed E-state index contributed by atoms with van der Waals surface area (Å²) in [7, 11) is 0. The van der Waals surface area contributed by atoms with E-state index in [-0.39, 0.29) is 11.6 Å². The van der Waals surface area contributed by atoms with E-state index in [0.717, 1.165) is 22.4 Å². The van der Waals surface area contributed by atoms with Crippen LogP contribution in [0.25, 0.3) is 11.3 Å². The van der Waals surface area contributed by atoms with Crippen LogP contribution in [0, 0.1) is 30.9 Å². The summed E-state index contributed by atoms with van der Waals surface area (Å²) >= 11 is 0. The number of nitro groups is 1. The van der Waals surface area contributed by atoms with Gasteiger partial charge in [0, 0.05) is 29.3 Å². The standard InChI is InChI=1S/C19H18N4O3/c1-11-6-12(2)8-14(7-11)17-10-18(22-21-17)20-19(24)16-5-4-15(23(25)26)9-13(16)3/h4-10H,1-3H3,(H2,20,21,22,24). The number of aryl methyl sites for hydroxylation is 3. The van der Waals surface area contributed by atoms with Gasteiger partial charge >= 0.3 is 0 Å². The number of H-pyrrole nitrogens is 1. The first kappa shape index (κ1) is 17.3. The molecule has 1 heterocycles. The fourth-order valence-corrected chi connectivity index (χ4v) is 2.86. The molecule has 0 unspecified atom stereocenters. The third kappa shape index (κ3) is 3.61. The molecular weight excluding hydrogens is 332 g/mol. The van der Waals surface area contributed by atoms with Gasteiger partial charge in [-0.05, 0) is 44.5 Å². The van der Waals surface area contributed by atoms with Crippen molar-refractivity contribution in [3.05, 3.63) is 74.8 Å². The SMILES string of the molecule is Cc1cc(C)cc(-c2cc(NC(=O)c3ccc([N+](=O)[O-])cc3C)n[nH]2)c1. The molecule has 7 heteroatoms. The van der Waals surface area contributed by atoms with Gasteiger partial charge in [-0.15, -0.1) is 0 Å². The molecule has 132 valence electrons. The lowest BCUT2D eigenvalue weighted by Gasteiger charge is -2.05. The van der Waals surface area contributed by atoms with Crippen LogP contribution in [0.2, 0.25) is 0 Å². The van der Waals surface area contributed by atoms with Gasteiger partial charge < -0.3 is 5.32 Å². The van der Waals surface area contributed by atoms with Crippen molar-refractivity contribution in [3.63, 3.8) is 0 Å². The quantitative estimate of drug-likeness (QED) is 0.545. The van der Waals surface area contributed by atoms with Crippen LogP contribution in [-0.2, 0) is 0 Å². The summed E-state index contributed by atoms with van der Waals surface area (Å²) in [6.45, 7) is 5.70. The minimum atomic E-state index is -0.488. The molecule has 0 saturated carbocycles. The van der Waals surface area contributed by atoms with E-state index in [1.165, 1.54) is 18.2 Å². The first-order valence-corrected chi connectivity index (χ1v) is 8.04. The molecule has 3 rings (SSSR count). The molecule has 0 radical (unpaired) electrons. The highest BCUT2D eigenvalue weighted by atomic mass is 16.6. The minimum Gasteiger partial charge on any atom is -0.305 e. The number of non-ortho nitro benzene ring substituents is 1. The Balaban J connectivity index is 1.81. The lowest BCUT2D eigenvalue weighted by Crippen LogP contribution is -2.13. The Morgan fingerprint density at radius 1 is 1.08 bits per heavy atom. The van der Waals surface area contributed by atoms with Gasteiger partial charge in [-0.3, -0.25) is 20.0 Å². The van der Waals surface area contributed by atoms with Crippen molar-refractivity contribution in [1.29, 1.82) is 0 Å². The second-order valence-corrected chi connectivity index (χ2v) is 6.25. The predicted octanol–water partition coefficient (Wildman–Crippen LogP) is 4.16. The molecule has 0 spiro atoms. The Morgan fingerprint density at radius 2 is 1.77 bits per heavy atom. The minimum absolute atomic E-state index is 0.0454. The molecule has 3 aromatic rings. The monoisotopic (exact) mass is 350 g/mol. The molecule has 0 fully saturated rings. The third-order valence-corrected chi connectivity index (χ3v) is 4.02. The first-order chi connectivity index (χ1) is 12.3. The maximum absolute atomic E-state index is 12.4. The number of aromatic amines is 1. The van der Waals surface area contributed by atoms with Gasteiger partial charge in [0.05, 0.1) is 10.6 Å². The van der Waals surface area contributed by atoms with Gasteiger partial charge in [0.2, 0.25) is 0 Å². The topological polar surface area (TPSA) is 101 Å². The van der Waals surface area contributed by atoms with Crippen LogP contribution in [0.1, 0.15) is 27.0 Å². The molecule has 7 nitrogen and oxygen atoms in total. The maximum atomic E-state index is 12.4. The van der Waals surface area contributed by atoms with Gasteiger partial charge in [-0.2, -0.15) is 5.10 Å². The largest absolute Gasteiger partial charge is 0.305 e. The van der Waals surface area contributed by atoms with Crippen LogP contribution in [0.4, 0.5) is 11.5 Å². The van der Waals surface area contributed by atoms with E-state index < -0.39 is 4.92 Å². The normalized spacial score (nSPS) is 10.6. The van der Waals surface area contributed by atoms with Gasteiger partial charge in [-0.1, -0.05) is 17.2 Å². The van der Waals surface area contributed by atoms with Crippen molar-refractivity contribution >= 4 is 17.4 Å². The van der Waals surface area contributed by atoms with Crippen molar-refractivity contribution in [1.82, 2.24) is 10.2 Å². The zero-order valence-corrected chi connectivity index (χ0v) is 14.7. The molecule has 26 heavy (non-hydrogen) atoms. The smallest absolute Gasteiger partial charge is 0.269 e. The maximum Gasteiger partial charge on any atom is 0.269 e. The summed E-state index contributed by atoms with van der Waals surface area (Å²) in [6, 6.07) is 12.0. The third-order valence-electron chi connectivity index (χ3n) is 4.02. The summed E-state index contributed by atoms with van der Waals surface area (Å²) in [5.41, 5.74) is 4.92. The second kappa shape index (κ2) is 6.79. The van der Waals surface area contributed by atoms with Crippen molar-refractivity contribution in [2.45, 2.75) is 20.8 Å². The molecule has 1 aromatic heterocycles. The number of nitrogens with one attached hydrogen (secondary N) is 2. The van der Waals surface area contributed by atoms with Crippen LogP contribution in [0.15, 0.2) is 42.5 Å². The fraction of sp³-hybridized carbons (Fsp3) is 0.158. The lowest BCUT2D eigenvalue weighted by molar-refractivity contribution is -0.384. The Labute approximate surface area is 150 Å². The molecule has 0 aliphatic carbocycles. The van der Waals surface area contributed by atoms with Crippen LogP contribution in [0.3, 0.4) is 0 Å². The predicted molar refractivity (Wildman–Crippen MR) is 99.3 cm³/mol. The van der Waals surface area contributed by atoms with Crippen LogP contribution < -0.4 is 5.32 Å². The summed E-state index contributed by atoms with van der Waals surface area (Å²) in [6.07, 6.45) is 0. The molecule has 0 aliphatic heterocycles. The Hall–Kier alpha value is -3.48. The molecule has 0 saturated heterocycles. The Bertz CT molecular complexity index is 988. The Morgan fingerprint density at radius 3 is 2.38 bits per heavy atom. The second-order valence-electron chi connectivity index (χ2n) is 6.25. The number of nitrogens with zero attached hydrogens (tertiary/aromatic N) is 2. The van der Waals surface area contributed by atoms with E-state index in [1.54, 1.807) is 13.0 Å². The average Bonchev–Trinajstić information content (AvgIpc) is 3.02. The number of amides is 1. The number of benzene rings is 2. The molecular formula is C19H18N4O3. The number of hydrogen-bond donors (Lipinski definition) is 2. The highest BCUT2D eigenvalue weighted by Gasteiger charge is 2.15. The number of anilines is 1. The van der Waals surface area contributed by atoms with E-state index in [0.29, 0.717) is 16.9 Å². The summed E-state index contributed by atoms with van der Waals surface area (Å²) in [5.74, 6) is 0.0257. The molecule has 0 aliphatic rings. The molecule has 2 aromatic carbocycles. The number of rotatable bonds is 4. The highest BCUT2D eigenvalue weighted by Crippen LogP contribution is 2.23. The van der Waals surface area contributed by atoms with Crippen molar-refractivity contribution in [2.75, 3.05) is 5.32 Å². The summed E-state index contributed by atoms with van der Waals surface area (Å²) < 4.78 is 0. The fourth-order valence-electron chi connectivity index (χ4n) is 2.86. The zero-order valence-electron chi connectivity index (χ0n) is 14.7. The van der Waals surface area contributed by atoms with Gasteiger partial charge in [0.15, 0.2) is 5.82 Å². The first-order valence-electron chi connectivity index (χ1n) is 8.04. The molecule has 0 bridgehead atoms. The molecule has 2 N–H and O–H groups in total. The van der Waals surface area contributed by atoms with Gasteiger partial charge in [-0.25, -0.2) is 0 Å². The van der Waals surface area contributed by atoms with E-state index in [1.807, 2.05) is 26.0 Å². The number of hydrogen-bond acceptors (Lipinski definition) is 4. The number of carbonyl (C=O) groups is 1. The average molecular weight is 350 g/mol. The Kier molecular flexibility index (Phi) is 4.53. The van der Waals surface area contributed by atoms with Crippen LogP contribution in [-0.4, -0.2) is 21.0 Å². The number of aromatic nitrogens is 2. The van der Waals surface area contributed by atoms with Crippen LogP contribution >= 0.6 is 0 Å². The number of nitro benzene ring substituents is 1. The van der Waals surface area contributed by atoms with Crippen molar-refractivity contribution < 1.29 is 9.72 Å². The van der Waals surface area contributed by atoms with E-state index in [9.17, 15) is 14.9 Å². The summed E-state index contributed by atoms with van der Waals surface area (Å²) in [5, 5.41) is 20.6. The van der Waals surface area contributed by atoms with E-state index in [2.05, 4.69) is 21.6 Å². The van der Waals surface area contributed by atoms with E-state index in [4.69, 9.17) is 0 Å². The highest BCUT2D eigenvalue weighted by molar-refractivity contribution is 6.05. The summed E-state index contributed by atoms with van der Waals surface area (Å²) in [4.78, 5) is 22.7. The molecule has 0 atom stereocenters. The van der Waals surface area contributed by atoms with E-state index >= 15 is 0 Å². The molecule has 1 amide bonds. The van der Waals surface area contributed by atoms with Crippen molar-refractivity contribution in [2.24, 2.45) is 0 Å². The lowest BCUT2D eigenvalue weighted by atomic mass is 10.1. The van der Waals surface area contributed by atoms with Crippen molar-refractivity contribution in [3.8, 4) is 11.3 Å².